The molecule has 1 aromatic carbocycles. The molecular weight excluding hydrogens is 436 g/mol. The van der Waals surface area contributed by atoms with Crippen molar-refractivity contribution in [2.24, 2.45) is 10.7 Å². The van der Waals surface area contributed by atoms with Crippen LogP contribution in [-0.2, 0) is 6.54 Å². The first-order valence-electron chi connectivity index (χ1n) is 12.0. The first-order chi connectivity index (χ1) is 15.9. The van der Waals surface area contributed by atoms with E-state index < -0.39 is 0 Å². The molecule has 0 saturated carbocycles. The number of aromatic amines is 1. The number of aryl methyl sites for hydroxylation is 1. The quantitative estimate of drug-likeness (QED) is 0.512. The Morgan fingerprint density at radius 2 is 2.06 bits per heavy atom. The van der Waals surface area contributed by atoms with E-state index in [4.69, 9.17) is 27.7 Å². The number of aromatic nitrogens is 3. The molecule has 33 heavy (non-hydrogen) atoms. The summed E-state index contributed by atoms with van der Waals surface area (Å²) in [7, 11) is 0. The second kappa shape index (κ2) is 10.8. The lowest BCUT2D eigenvalue weighted by Crippen LogP contribution is -2.50. The molecule has 9 heteroatoms. The van der Waals surface area contributed by atoms with Crippen LogP contribution in [0.1, 0.15) is 61.3 Å². The van der Waals surface area contributed by atoms with Crippen LogP contribution in [0.5, 0.6) is 0 Å². The number of aliphatic imine (C=N–C) groups is 1. The fourth-order valence-electron chi connectivity index (χ4n) is 4.84. The van der Waals surface area contributed by atoms with Crippen LogP contribution in [0.15, 0.2) is 23.2 Å². The summed E-state index contributed by atoms with van der Waals surface area (Å²) in [5, 5.41) is 16.9. The normalized spacial score (nSPS) is 20.7. The van der Waals surface area contributed by atoms with Crippen LogP contribution in [0.4, 0.5) is 0 Å². The summed E-state index contributed by atoms with van der Waals surface area (Å²) in [6, 6.07) is 5.90. The molecule has 0 bridgehead atoms. The molecule has 1 saturated heterocycles. The van der Waals surface area contributed by atoms with Gasteiger partial charge in [0.1, 0.15) is 11.7 Å². The summed E-state index contributed by atoms with van der Waals surface area (Å²) >= 11 is 6.45. The Bertz CT molecular complexity index is 992. The number of H-pyrrole nitrogens is 1. The van der Waals surface area contributed by atoms with Gasteiger partial charge in [-0.3, -0.25) is 15.0 Å². The lowest BCUT2D eigenvalue weighted by Gasteiger charge is -2.34. The fourth-order valence-corrected chi connectivity index (χ4v) is 5.02. The van der Waals surface area contributed by atoms with E-state index in [0.717, 1.165) is 55.4 Å². The highest BCUT2D eigenvalue weighted by Gasteiger charge is 2.29. The van der Waals surface area contributed by atoms with E-state index in [1.54, 1.807) is 0 Å². The number of rotatable bonds is 8. The molecule has 3 heterocycles. The molecule has 1 unspecified atom stereocenters. The standard InChI is InChI=1S/C24H35ClN8/c1-3-9-32-10-6-17(7-11-32)23-29-24(31-30-23)20(26)14-21-22(27)28-8-12-33(21)15-18-13-16(2)4-5-19(18)25/h4-5,13,17,21,26H,3,6-12,14-15H2,1-2H3,(H2,27,28)(H,29,30,31). The summed E-state index contributed by atoms with van der Waals surface area (Å²) in [4.78, 5) is 13.9. The number of benzene rings is 1. The first kappa shape index (κ1) is 23.9. The molecule has 4 N–H and O–H groups in total. The smallest absolute Gasteiger partial charge is 0.194 e. The fraction of sp³-hybridized carbons (Fsp3) is 0.583. The lowest BCUT2D eigenvalue weighted by molar-refractivity contribution is 0.210. The van der Waals surface area contributed by atoms with Crippen molar-refractivity contribution >= 4 is 23.1 Å². The van der Waals surface area contributed by atoms with Gasteiger partial charge in [0.15, 0.2) is 5.82 Å². The highest BCUT2D eigenvalue weighted by atomic mass is 35.5. The van der Waals surface area contributed by atoms with Gasteiger partial charge in [-0.2, -0.15) is 5.10 Å². The Morgan fingerprint density at radius 1 is 1.27 bits per heavy atom. The summed E-state index contributed by atoms with van der Waals surface area (Å²) in [5.74, 6) is 2.31. The van der Waals surface area contributed by atoms with E-state index in [9.17, 15) is 0 Å². The van der Waals surface area contributed by atoms with Crippen molar-refractivity contribution in [3.8, 4) is 0 Å². The average Bonchev–Trinajstić information content (AvgIpc) is 3.30. The van der Waals surface area contributed by atoms with Gasteiger partial charge < -0.3 is 16.0 Å². The van der Waals surface area contributed by atoms with E-state index >= 15 is 0 Å². The summed E-state index contributed by atoms with van der Waals surface area (Å²) in [6.45, 7) is 9.74. The summed E-state index contributed by atoms with van der Waals surface area (Å²) in [6.07, 6.45) is 3.77. The van der Waals surface area contributed by atoms with Crippen LogP contribution < -0.4 is 5.73 Å². The number of halogens is 1. The van der Waals surface area contributed by atoms with Crippen LogP contribution in [0.25, 0.3) is 0 Å². The monoisotopic (exact) mass is 470 g/mol. The number of hydrogen-bond donors (Lipinski definition) is 3. The number of nitrogens with zero attached hydrogens (tertiary/aromatic N) is 5. The van der Waals surface area contributed by atoms with E-state index in [1.165, 1.54) is 12.0 Å². The highest BCUT2D eigenvalue weighted by Crippen LogP contribution is 2.26. The predicted molar refractivity (Wildman–Crippen MR) is 133 cm³/mol. The summed E-state index contributed by atoms with van der Waals surface area (Å²) in [5.41, 5.74) is 8.92. The minimum Gasteiger partial charge on any atom is -0.386 e. The van der Waals surface area contributed by atoms with Crippen molar-refractivity contribution < 1.29 is 0 Å². The Balaban J connectivity index is 1.41. The molecule has 1 atom stereocenters. The maximum absolute atomic E-state index is 8.70. The maximum atomic E-state index is 8.70. The van der Waals surface area contributed by atoms with Crippen molar-refractivity contribution in [3.05, 3.63) is 46.0 Å². The molecule has 1 aromatic heterocycles. The Morgan fingerprint density at radius 3 is 2.82 bits per heavy atom. The summed E-state index contributed by atoms with van der Waals surface area (Å²) < 4.78 is 0. The molecule has 0 radical (unpaired) electrons. The SMILES string of the molecule is CCCN1CCC(c2nc(C(=N)CC3C(N)=NCCN3Cc3cc(C)ccc3Cl)n[nH]2)CC1. The van der Waals surface area contributed by atoms with Gasteiger partial charge in [0.25, 0.3) is 0 Å². The molecule has 0 aliphatic carbocycles. The Hall–Kier alpha value is -2.29. The Kier molecular flexibility index (Phi) is 7.78. The van der Waals surface area contributed by atoms with Crippen molar-refractivity contribution in [1.29, 1.82) is 5.41 Å². The molecule has 178 valence electrons. The van der Waals surface area contributed by atoms with Crippen LogP contribution in [0, 0.1) is 12.3 Å². The van der Waals surface area contributed by atoms with Crippen LogP contribution in [0.3, 0.4) is 0 Å². The molecule has 1 fully saturated rings. The first-order valence-corrected chi connectivity index (χ1v) is 12.3. The third-order valence-electron chi connectivity index (χ3n) is 6.72. The van der Waals surface area contributed by atoms with Gasteiger partial charge in [-0.15, -0.1) is 0 Å². The molecule has 8 nitrogen and oxygen atoms in total. The van der Waals surface area contributed by atoms with Gasteiger partial charge >= 0.3 is 0 Å². The second-order valence-corrected chi connectivity index (χ2v) is 9.64. The topological polar surface area (TPSA) is 110 Å². The van der Waals surface area contributed by atoms with E-state index in [2.05, 4.69) is 44.9 Å². The van der Waals surface area contributed by atoms with Crippen molar-refractivity contribution in [2.75, 3.05) is 32.7 Å². The van der Waals surface area contributed by atoms with Crippen molar-refractivity contribution in [2.45, 2.75) is 58.0 Å². The number of piperidine rings is 1. The number of likely N-dealkylation sites (tertiary alicyclic amines) is 1. The zero-order chi connectivity index (χ0) is 23.4. The third-order valence-corrected chi connectivity index (χ3v) is 7.09. The van der Waals surface area contributed by atoms with Crippen molar-refractivity contribution in [3.63, 3.8) is 0 Å². The maximum Gasteiger partial charge on any atom is 0.194 e. The van der Waals surface area contributed by atoms with Gasteiger partial charge in [0.2, 0.25) is 0 Å². The number of hydrogen-bond acceptors (Lipinski definition) is 7. The lowest BCUT2D eigenvalue weighted by atomic mass is 9.96. The molecule has 2 aliphatic heterocycles. The number of nitrogens with one attached hydrogen (secondary N) is 2. The van der Waals surface area contributed by atoms with Gasteiger partial charge in [-0.1, -0.05) is 36.2 Å². The zero-order valence-electron chi connectivity index (χ0n) is 19.6. The molecule has 4 rings (SSSR count). The second-order valence-electron chi connectivity index (χ2n) is 9.23. The molecule has 0 amide bonds. The van der Waals surface area contributed by atoms with Gasteiger partial charge in [0.05, 0.1) is 18.3 Å². The molecule has 0 spiro atoms. The zero-order valence-corrected chi connectivity index (χ0v) is 20.4. The van der Waals surface area contributed by atoms with E-state index in [-0.39, 0.29) is 6.04 Å². The minimum atomic E-state index is -0.165. The Labute approximate surface area is 201 Å². The molecule has 2 aliphatic rings. The van der Waals surface area contributed by atoms with E-state index in [1.807, 2.05) is 12.1 Å². The average molecular weight is 471 g/mol. The molecule has 2 aromatic rings. The largest absolute Gasteiger partial charge is 0.386 e. The molecular formula is C24H35ClN8. The van der Waals surface area contributed by atoms with Gasteiger partial charge in [0, 0.05) is 30.5 Å². The van der Waals surface area contributed by atoms with Crippen LogP contribution in [0.2, 0.25) is 5.02 Å². The van der Waals surface area contributed by atoms with Gasteiger partial charge in [-0.25, -0.2) is 4.98 Å². The number of amidine groups is 1. The van der Waals surface area contributed by atoms with Crippen LogP contribution in [-0.4, -0.2) is 75.3 Å². The minimum absolute atomic E-state index is 0.165. The predicted octanol–water partition coefficient (Wildman–Crippen LogP) is 3.36. The third kappa shape index (κ3) is 5.80. The number of nitrogens with two attached hydrogens (primary N) is 1. The van der Waals surface area contributed by atoms with Crippen molar-refractivity contribution in [1.82, 2.24) is 25.0 Å². The van der Waals surface area contributed by atoms with Crippen LogP contribution >= 0.6 is 11.6 Å². The van der Waals surface area contributed by atoms with E-state index in [0.29, 0.717) is 42.8 Å². The van der Waals surface area contributed by atoms with Gasteiger partial charge in [-0.05, 0) is 57.5 Å². The highest BCUT2D eigenvalue weighted by molar-refractivity contribution is 6.31.